The summed E-state index contributed by atoms with van der Waals surface area (Å²) >= 11 is 0. The van der Waals surface area contributed by atoms with E-state index in [4.69, 9.17) is 4.74 Å². The highest BCUT2D eigenvalue weighted by Gasteiger charge is 2.29. The van der Waals surface area contributed by atoms with Crippen LogP contribution < -0.4 is 0 Å². The Kier molecular flexibility index (Phi) is 4.10. The minimum atomic E-state index is -0.623. The Bertz CT molecular complexity index is 675. The summed E-state index contributed by atoms with van der Waals surface area (Å²) in [6, 6.07) is 1.38. The molecule has 0 aliphatic carbocycles. The fourth-order valence-electron chi connectivity index (χ4n) is 2.32. The third-order valence-corrected chi connectivity index (χ3v) is 3.53. The number of amides is 1. The van der Waals surface area contributed by atoms with Gasteiger partial charge in [-0.15, -0.1) is 0 Å². The van der Waals surface area contributed by atoms with Gasteiger partial charge >= 0.3 is 0 Å². The van der Waals surface area contributed by atoms with Gasteiger partial charge in [0.1, 0.15) is 11.9 Å². The van der Waals surface area contributed by atoms with Crippen LogP contribution in [0.4, 0.5) is 4.39 Å². The van der Waals surface area contributed by atoms with Crippen molar-refractivity contribution in [3.63, 3.8) is 0 Å². The van der Waals surface area contributed by atoms with Crippen molar-refractivity contribution < 1.29 is 13.9 Å². The van der Waals surface area contributed by atoms with E-state index in [0.29, 0.717) is 25.5 Å². The van der Waals surface area contributed by atoms with Crippen molar-refractivity contribution in [2.75, 3.05) is 19.7 Å². The molecule has 116 valence electrons. The largest absolute Gasteiger partial charge is 0.366 e. The summed E-state index contributed by atoms with van der Waals surface area (Å²) in [5, 5.41) is 6.94. The van der Waals surface area contributed by atoms with Gasteiger partial charge in [0.2, 0.25) is 0 Å². The number of aryl methyl sites for hydroxylation is 1. The number of nitrogens with one attached hydrogen (secondary N) is 1. The number of nitrogens with zero attached hydrogens (tertiary/aromatic N) is 4. The fourth-order valence-corrected chi connectivity index (χ4v) is 2.32. The number of H-pyrrole nitrogens is 1. The van der Waals surface area contributed by atoms with E-state index >= 15 is 0 Å². The Labute approximate surface area is 126 Å². The third-order valence-electron chi connectivity index (χ3n) is 3.53. The summed E-state index contributed by atoms with van der Waals surface area (Å²) in [6.45, 7) is 3.02. The standard InChI is InChI=1S/C14H16FN5O2/c1-2-12-17-13(19-18-12)11-8-20(5-6-22-11)14(21)9-3-4-16-7-10(9)15/h3-4,7,11H,2,5-6,8H2,1H3,(H,17,18,19)/t11-/m0/s1. The first-order valence-corrected chi connectivity index (χ1v) is 7.10. The highest BCUT2D eigenvalue weighted by Crippen LogP contribution is 2.21. The van der Waals surface area contributed by atoms with Crippen LogP contribution in [0.2, 0.25) is 0 Å². The topological polar surface area (TPSA) is 84.0 Å². The Morgan fingerprint density at radius 2 is 2.45 bits per heavy atom. The second kappa shape index (κ2) is 6.18. The van der Waals surface area contributed by atoms with E-state index in [2.05, 4.69) is 20.2 Å². The Morgan fingerprint density at radius 1 is 1.59 bits per heavy atom. The maximum Gasteiger partial charge on any atom is 0.257 e. The van der Waals surface area contributed by atoms with E-state index in [1.807, 2.05) is 6.92 Å². The number of carbonyl (C=O) groups is 1. The van der Waals surface area contributed by atoms with Crippen molar-refractivity contribution in [1.82, 2.24) is 25.1 Å². The number of aromatic nitrogens is 4. The molecule has 0 radical (unpaired) electrons. The lowest BCUT2D eigenvalue weighted by molar-refractivity contribution is -0.0268. The molecule has 0 bridgehead atoms. The predicted molar refractivity (Wildman–Crippen MR) is 74.6 cm³/mol. The first kappa shape index (κ1) is 14.6. The highest BCUT2D eigenvalue weighted by atomic mass is 19.1. The van der Waals surface area contributed by atoms with Gasteiger partial charge in [0.15, 0.2) is 11.6 Å². The molecule has 1 atom stereocenters. The van der Waals surface area contributed by atoms with Gasteiger partial charge in [-0.1, -0.05) is 6.92 Å². The summed E-state index contributed by atoms with van der Waals surface area (Å²) in [7, 11) is 0. The molecule has 0 unspecified atom stereocenters. The number of morpholine rings is 1. The number of aromatic amines is 1. The van der Waals surface area contributed by atoms with Crippen LogP contribution in [0.5, 0.6) is 0 Å². The summed E-state index contributed by atoms with van der Waals surface area (Å²) in [6.07, 6.45) is 2.77. The van der Waals surface area contributed by atoms with E-state index < -0.39 is 11.9 Å². The maximum atomic E-state index is 13.7. The maximum absolute atomic E-state index is 13.7. The van der Waals surface area contributed by atoms with Crippen LogP contribution in [0.1, 0.15) is 35.0 Å². The van der Waals surface area contributed by atoms with E-state index in [1.54, 1.807) is 4.90 Å². The van der Waals surface area contributed by atoms with Crippen LogP contribution in [0, 0.1) is 5.82 Å². The zero-order valence-electron chi connectivity index (χ0n) is 12.1. The summed E-state index contributed by atoms with van der Waals surface area (Å²) < 4.78 is 19.3. The van der Waals surface area contributed by atoms with Gasteiger partial charge in [-0.05, 0) is 6.07 Å². The molecule has 2 aromatic rings. The lowest BCUT2D eigenvalue weighted by Gasteiger charge is -2.31. The molecule has 1 aliphatic heterocycles. The molecule has 2 aromatic heterocycles. The molecule has 0 saturated carbocycles. The Balaban J connectivity index is 1.75. The lowest BCUT2D eigenvalue weighted by atomic mass is 10.2. The molecule has 3 rings (SSSR count). The third kappa shape index (κ3) is 2.82. The zero-order valence-corrected chi connectivity index (χ0v) is 12.1. The fraction of sp³-hybridized carbons (Fsp3) is 0.429. The highest BCUT2D eigenvalue weighted by molar-refractivity contribution is 5.94. The van der Waals surface area contributed by atoms with Crippen LogP contribution in [-0.4, -0.2) is 50.7 Å². The predicted octanol–water partition coefficient (Wildman–Crippen LogP) is 1.11. The van der Waals surface area contributed by atoms with Crippen molar-refractivity contribution in [2.45, 2.75) is 19.4 Å². The zero-order chi connectivity index (χ0) is 15.5. The molecule has 7 nitrogen and oxygen atoms in total. The summed E-state index contributed by atoms with van der Waals surface area (Å²) in [5.74, 6) is 0.285. The number of ether oxygens (including phenoxy) is 1. The molecule has 8 heteroatoms. The molecular formula is C14H16FN5O2. The monoisotopic (exact) mass is 305 g/mol. The van der Waals surface area contributed by atoms with Gasteiger partial charge < -0.3 is 9.64 Å². The Morgan fingerprint density at radius 3 is 3.18 bits per heavy atom. The van der Waals surface area contributed by atoms with Crippen LogP contribution in [0.3, 0.4) is 0 Å². The number of carbonyl (C=O) groups excluding carboxylic acids is 1. The normalized spacial score (nSPS) is 18.5. The van der Waals surface area contributed by atoms with Crippen LogP contribution in [0.25, 0.3) is 0 Å². The lowest BCUT2D eigenvalue weighted by Crippen LogP contribution is -2.42. The first-order valence-electron chi connectivity index (χ1n) is 7.10. The van der Waals surface area contributed by atoms with Crippen LogP contribution in [0.15, 0.2) is 18.5 Å². The van der Waals surface area contributed by atoms with Gasteiger partial charge in [0.05, 0.1) is 24.9 Å². The quantitative estimate of drug-likeness (QED) is 0.918. The van der Waals surface area contributed by atoms with Crippen molar-refractivity contribution in [3.05, 3.63) is 41.5 Å². The molecular weight excluding hydrogens is 289 g/mol. The van der Waals surface area contributed by atoms with Gasteiger partial charge in [-0.3, -0.25) is 14.9 Å². The second-order valence-corrected chi connectivity index (χ2v) is 4.96. The molecule has 3 heterocycles. The molecule has 22 heavy (non-hydrogen) atoms. The van der Waals surface area contributed by atoms with Gasteiger partial charge in [-0.2, -0.15) is 5.10 Å². The SMILES string of the molecule is CCc1nc([C@@H]2CN(C(=O)c3ccncc3F)CCO2)n[nH]1. The Hall–Kier alpha value is -2.35. The molecule has 0 aromatic carbocycles. The van der Waals surface area contributed by atoms with E-state index in [0.717, 1.165) is 18.4 Å². The van der Waals surface area contributed by atoms with Gasteiger partial charge in [0, 0.05) is 19.2 Å². The minimum absolute atomic E-state index is 0.0138. The average molecular weight is 305 g/mol. The summed E-state index contributed by atoms with van der Waals surface area (Å²) in [5.41, 5.74) is 0.0138. The van der Waals surface area contributed by atoms with Crippen molar-refractivity contribution in [3.8, 4) is 0 Å². The number of hydrogen-bond donors (Lipinski definition) is 1. The first-order chi connectivity index (χ1) is 10.7. The van der Waals surface area contributed by atoms with E-state index in [1.165, 1.54) is 12.3 Å². The summed E-state index contributed by atoms with van der Waals surface area (Å²) in [4.78, 5) is 21.9. The average Bonchev–Trinajstić information content (AvgIpc) is 3.04. The number of rotatable bonds is 3. The smallest absolute Gasteiger partial charge is 0.257 e. The molecule has 1 saturated heterocycles. The molecule has 0 spiro atoms. The molecule has 1 fully saturated rings. The number of hydrogen-bond acceptors (Lipinski definition) is 5. The van der Waals surface area contributed by atoms with Crippen LogP contribution >= 0.6 is 0 Å². The number of pyridine rings is 1. The van der Waals surface area contributed by atoms with E-state index in [9.17, 15) is 9.18 Å². The van der Waals surface area contributed by atoms with Crippen molar-refractivity contribution in [1.29, 1.82) is 0 Å². The molecule has 1 amide bonds. The van der Waals surface area contributed by atoms with Crippen LogP contribution in [-0.2, 0) is 11.2 Å². The van der Waals surface area contributed by atoms with E-state index in [-0.39, 0.29) is 11.5 Å². The minimum Gasteiger partial charge on any atom is -0.366 e. The van der Waals surface area contributed by atoms with Crippen molar-refractivity contribution >= 4 is 5.91 Å². The second-order valence-electron chi connectivity index (χ2n) is 4.96. The molecule has 1 aliphatic rings. The molecule has 1 N–H and O–H groups in total. The number of halogens is 1. The van der Waals surface area contributed by atoms with Gasteiger partial charge in [0.25, 0.3) is 5.91 Å². The van der Waals surface area contributed by atoms with Crippen molar-refractivity contribution in [2.24, 2.45) is 0 Å². The van der Waals surface area contributed by atoms with Gasteiger partial charge in [-0.25, -0.2) is 9.37 Å².